The summed E-state index contributed by atoms with van der Waals surface area (Å²) in [7, 11) is 0. The molecule has 0 bridgehead atoms. The van der Waals surface area contributed by atoms with Crippen LogP contribution in [0.25, 0.3) is 11.1 Å². The Morgan fingerprint density at radius 2 is 1.24 bits per heavy atom. The van der Waals surface area contributed by atoms with E-state index in [9.17, 15) is 13.2 Å². The van der Waals surface area contributed by atoms with Crippen LogP contribution in [0.4, 0.5) is 35.1 Å². The fraction of sp³-hybridized carbons (Fsp3) is 0.379. The molecule has 204 valence electrons. The van der Waals surface area contributed by atoms with Gasteiger partial charge < -0.3 is 4.74 Å². The van der Waals surface area contributed by atoms with E-state index in [0.717, 1.165) is 31.0 Å². The smallest absolute Gasteiger partial charge is 0.426 e. The summed E-state index contributed by atoms with van der Waals surface area (Å²) < 4.78 is 124. The van der Waals surface area contributed by atoms with Gasteiger partial charge in [0, 0.05) is 11.1 Å². The summed E-state index contributed by atoms with van der Waals surface area (Å²) in [5.74, 6) is -6.97. The summed E-state index contributed by atoms with van der Waals surface area (Å²) in [6, 6.07) is 6.07. The molecule has 0 saturated carbocycles. The Morgan fingerprint density at radius 3 is 1.87 bits per heavy atom. The Labute approximate surface area is 215 Å². The highest BCUT2D eigenvalue weighted by atomic mass is 19.3. The van der Waals surface area contributed by atoms with E-state index in [0.29, 0.717) is 18.9 Å². The van der Waals surface area contributed by atoms with Crippen LogP contribution in [-0.4, -0.2) is 0 Å². The number of hydrogen-bond donors (Lipinski definition) is 0. The van der Waals surface area contributed by atoms with Crippen LogP contribution in [0.1, 0.15) is 79.7 Å². The molecule has 2 unspecified atom stereocenters. The maximum absolute atomic E-state index is 15.4. The van der Waals surface area contributed by atoms with Gasteiger partial charge in [-0.2, -0.15) is 13.2 Å². The third-order valence-electron chi connectivity index (χ3n) is 6.79. The van der Waals surface area contributed by atoms with Gasteiger partial charge in [0.2, 0.25) is 5.82 Å². The second-order valence-electron chi connectivity index (χ2n) is 9.37. The van der Waals surface area contributed by atoms with Crippen molar-refractivity contribution < 1.29 is 39.9 Å². The molecule has 1 nitrogen and oxygen atoms in total. The number of rotatable bonds is 9. The van der Waals surface area contributed by atoms with Gasteiger partial charge in [-0.25, -0.2) is 22.0 Å². The Kier molecular flexibility index (Phi) is 8.04. The van der Waals surface area contributed by atoms with Crippen molar-refractivity contribution >= 4 is 0 Å². The molecule has 38 heavy (non-hydrogen) atoms. The minimum atomic E-state index is -4.57. The van der Waals surface area contributed by atoms with Crippen LogP contribution in [0.5, 0.6) is 5.75 Å². The average molecular weight is 543 g/mol. The Bertz CT molecular complexity index is 1340. The van der Waals surface area contributed by atoms with Crippen molar-refractivity contribution in [2.75, 3.05) is 0 Å². The maximum atomic E-state index is 15.4. The number of halogens is 8. The number of ether oxygens (including phenoxy) is 1. The molecule has 0 heterocycles. The van der Waals surface area contributed by atoms with Crippen molar-refractivity contribution in [2.45, 2.75) is 70.8 Å². The molecule has 2 atom stereocenters. The third kappa shape index (κ3) is 4.87. The first-order valence-electron chi connectivity index (χ1n) is 12.5. The lowest BCUT2D eigenvalue weighted by Crippen LogP contribution is -2.26. The van der Waals surface area contributed by atoms with Gasteiger partial charge in [-0.15, -0.1) is 0 Å². The largest absolute Gasteiger partial charge is 0.429 e. The van der Waals surface area contributed by atoms with E-state index in [1.54, 1.807) is 6.92 Å². The van der Waals surface area contributed by atoms with Crippen LogP contribution >= 0.6 is 0 Å². The van der Waals surface area contributed by atoms with Crippen molar-refractivity contribution in [1.29, 1.82) is 0 Å². The maximum Gasteiger partial charge on any atom is 0.429 e. The van der Waals surface area contributed by atoms with E-state index < -0.39 is 64.2 Å². The van der Waals surface area contributed by atoms with Crippen molar-refractivity contribution in [2.24, 2.45) is 0 Å². The first-order valence-corrected chi connectivity index (χ1v) is 12.5. The van der Waals surface area contributed by atoms with Crippen LogP contribution in [0.15, 0.2) is 36.4 Å². The van der Waals surface area contributed by atoms with Crippen molar-refractivity contribution in [1.82, 2.24) is 0 Å². The highest BCUT2D eigenvalue weighted by Gasteiger charge is 2.45. The average Bonchev–Trinajstić information content (AvgIpc) is 2.87. The standard InChI is InChI=1S/C29H26F8O/c1-3-5-6-8-16-10-14-20(26(33)24(16)31)38-29(36,37)19-13-12-18-17-11-9-15(7-4-2)23(30)21(17)27(34)28(35)22(18)25(19)32/h9-14,27-28H,3-8H2,1-2H3. The quantitative estimate of drug-likeness (QED) is 0.193. The first-order chi connectivity index (χ1) is 18.0. The van der Waals surface area contributed by atoms with Gasteiger partial charge in [0.05, 0.1) is 0 Å². The molecule has 9 heteroatoms. The van der Waals surface area contributed by atoms with E-state index >= 15 is 22.0 Å². The van der Waals surface area contributed by atoms with Gasteiger partial charge in [0.25, 0.3) is 0 Å². The highest BCUT2D eigenvalue weighted by molar-refractivity contribution is 5.76. The fourth-order valence-corrected chi connectivity index (χ4v) is 4.82. The van der Waals surface area contributed by atoms with E-state index in [1.165, 1.54) is 12.1 Å². The Morgan fingerprint density at radius 1 is 0.658 bits per heavy atom. The monoisotopic (exact) mass is 542 g/mol. The van der Waals surface area contributed by atoms with Crippen molar-refractivity contribution in [3.05, 3.63) is 87.5 Å². The van der Waals surface area contributed by atoms with E-state index in [1.807, 2.05) is 6.92 Å². The number of hydrogen-bond acceptors (Lipinski definition) is 1. The van der Waals surface area contributed by atoms with Crippen molar-refractivity contribution in [3.8, 4) is 16.9 Å². The van der Waals surface area contributed by atoms with Crippen LogP contribution < -0.4 is 4.74 Å². The SMILES string of the molecule is CCCCCc1ccc(OC(F)(F)c2ccc3c(c2F)C(F)C(F)c2c-3ccc(CCC)c2F)c(F)c1F. The summed E-state index contributed by atoms with van der Waals surface area (Å²) in [5.41, 5.74) is -3.41. The summed E-state index contributed by atoms with van der Waals surface area (Å²) >= 11 is 0. The fourth-order valence-electron chi connectivity index (χ4n) is 4.82. The molecule has 0 saturated heterocycles. The topological polar surface area (TPSA) is 9.23 Å². The van der Waals surface area contributed by atoms with Crippen LogP contribution in [0.2, 0.25) is 0 Å². The molecule has 3 aromatic rings. The van der Waals surface area contributed by atoms with E-state index in [-0.39, 0.29) is 35.1 Å². The molecule has 0 radical (unpaired) electrons. The molecule has 3 aromatic carbocycles. The van der Waals surface area contributed by atoms with Gasteiger partial charge in [-0.05, 0) is 53.6 Å². The van der Waals surface area contributed by atoms with Crippen LogP contribution in [0.3, 0.4) is 0 Å². The third-order valence-corrected chi connectivity index (χ3v) is 6.79. The van der Waals surface area contributed by atoms with Crippen molar-refractivity contribution in [3.63, 3.8) is 0 Å². The normalized spacial score (nSPS) is 16.8. The number of benzene rings is 3. The van der Waals surface area contributed by atoms with Crippen LogP contribution in [-0.2, 0) is 19.0 Å². The van der Waals surface area contributed by atoms with E-state index in [4.69, 9.17) is 0 Å². The molecule has 1 aliphatic carbocycles. The second-order valence-corrected chi connectivity index (χ2v) is 9.37. The van der Waals surface area contributed by atoms with Gasteiger partial charge in [0.1, 0.15) is 17.2 Å². The zero-order valence-electron chi connectivity index (χ0n) is 20.8. The van der Waals surface area contributed by atoms with Gasteiger partial charge in [0.15, 0.2) is 23.9 Å². The molecule has 0 amide bonds. The Hall–Kier alpha value is -3.10. The lowest BCUT2D eigenvalue weighted by atomic mass is 9.80. The zero-order chi connectivity index (χ0) is 27.8. The minimum Gasteiger partial charge on any atom is -0.426 e. The van der Waals surface area contributed by atoms with Gasteiger partial charge in [-0.1, -0.05) is 57.4 Å². The number of aryl methyl sites for hydroxylation is 2. The predicted octanol–water partition coefficient (Wildman–Crippen LogP) is 9.76. The zero-order valence-corrected chi connectivity index (χ0v) is 20.8. The molecular formula is C29H26F8O. The molecule has 4 rings (SSSR count). The summed E-state index contributed by atoms with van der Waals surface area (Å²) in [6.07, 6.45) is -6.82. The lowest BCUT2D eigenvalue weighted by molar-refractivity contribution is -0.189. The first kappa shape index (κ1) is 27.9. The molecule has 0 aromatic heterocycles. The molecule has 0 aliphatic heterocycles. The lowest BCUT2D eigenvalue weighted by Gasteiger charge is -2.29. The van der Waals surface area contributed by atoms with Gasteiger partial charge >= 0.3 is 6.11 Å². The predicted molar refractivity (Wildman–Crippen MR) is 128 cm³/mol. The second kappa shape index (κ2) is 10.9. The van der Waals surface area contributed by atoms with E-state index in [2.05, 4.69) is 4.74 Å². The molecule has 0 fully saturated rings. The molecule has 1 aliphatic rings. The number of alkyl halides is 4. The van der Waals surface area contributed by atoms with Gasteiger partial charge in [-0.3, -0.25) is 0 Å². The summed E-state index contributed by atoms with van der Waals surface area (Å²) in [4.78, 5) is 0. The molecule has 0 spiro atoms. The summed E-state index contributed by atoms with van der Waals surface area (Å²) in [6.45, 7) is 3.70. The molecular weight excluding hydrogens is 516 g/mol. The van der Waals surface area contributed by atoms with Crippen LogP contribution in [0, 0.1) is 23.3 Å². The summed E-state index contributed by atoms with van der Waals surface area (Å²) in [5, 5.41) is 0. The molecule has 0 N–H and O–H groups in total. The number of unbranched alkanes of at least 4 members (excludes halogenated alkanes) is 2. The Balaban J connectivity index is 1.72. The minimum absolute atomic E-state index is 0.0196. The highest BCUT2D eigenvalue weighted by Crippen LogP contribution is 2.52. The number of fused-ring (bicyclic) bond motifs is 3.